The van der Waals surface area contributed by atoms with E-state index in [4.69, 9.17) is 13.8 Å². The summed E-state index contributed by atoms with van der Waals surface area (Å²) < 4.78 is 19.7. The van der Waals surface area contributed by atoms with Gasteiger partial charge in [0.25, 0.3) is 0 Å². The zero-order valence-corrected chi connectivity index (χ0v) is 27.1. The maximum Gasteiger partial charge on any atom is 0.232 e. The highest BCUT2D eigenvalue weighted by Crippen LogP contribution is 2.40. The Morgan fingerprint density at radius 1 is 0.451 bits per heavy atom. The lowest BCUT2D eigenvalue weighted by atomic mass is 10.0. The van der Waals surface area contributed by atoms with Crippen LogP contribution in [0.3, 0.4) is 0 Å². The maximum atomic E-state index is 6.59. The van der Waals surface area contributed by atoms with E-state index in [2.05, 4.69) is 141 Å². The van der Waals surface area contributed by atoms with Crippen LogP contribution in [0.25, 0.3) is 105 Å². The Hall–Kier alpha value is -7.05. The van der Waals surface area contributed by atoms with Gasteiger partial charge in [-0.25, -0.2) is 9.55 Å². The van der Waals surface area contributed by atoms with Crippen molar-refractivity contribution in [3.05, 3.63) is 158 Å². The highest BCUT2D eigenvalue weighted by atomic mass is 16.3. The van der Waals surface area contributed by atoms with Crippen molar-refractivity contribution in [1.29, 1.82) is 0 Å². The Kier molecular flexibility index (Phi) is 5.14. The summed E-state index contributed by atoms with van der Waals surface area (Å²) in [6.45, 7) is 0. The van der Waals surface area contributed by atoms with E-state index in [1.165, 1.54) is 5.39 Å². The van der Waals surface area contributed by atoms with Gasteiger partial charge in [-0.1, -0.05) is 91.0 Å². The lowest BCUT2D eigenvalue weighted by molar-refractivity contribution is 0.645. The summed E-state index contributed by atoms with van der Waals surface area (Å²) in [5, 5.41) is 5.68. The van der Waals surface area contributed by atoms with Gasteiger partial charge in [-0.3, -0.25) is 4.40 Å². The molecule has 0 spiro atoms. The van der Waals surface area contributed by atoms with Crippen LogP contribution in [-0.4, -0.2) is 18.5 Å². The fraction of sp³-hybridized carbons (Fsp3) is 0. The first-order chi connectivity index (χ1) is 25.3. The average Bonchev–Trinajstić information content (AvgIpc) is 3.98. The summed E-state index contributed by atoms with van der Waals surface area (Å²) in [5.74, 6) is 0.828. The number of hydrogen-bond donors (Lipinski definition) is 0. The Morgan fingerprint density at radius 2 is 1.12 bits per heavy atom. The number of nitrogens with zero attached hydrogens (tertiary/aromatic N) is 4. The Bertz CT molecular complexity index is 3280. The summed E-state index contributed by atoms with van der Waals surface area (Å²) >= 11 is 0. The van der Waals surface area contributed by atoms with E-state index < -0.39 is 0 Å². The number of furan rings is 2. The Morgan fingerprint density at radius 3 is 1.98 bits per heavy atom. The molecule has 0 unspecified atom stereocenters. The highest BCUT2D eigenvalue weighted by molar-refractivity contribution is 6.12. The van der Waals surface area contributed by atoms with Crippen LogP contribution in [0.4, 0.5) is 0 Å². The molecule has 7 aromatic carbocycles. The van der Waals surface area contributed by atoms with E-state index in [0.717, 1.165) is 99.9 Å². The van der Waals surface area contributed by atoms with Gasteiger partial charge in [0, 0.05) is 38.2 Å². The molecule has 12 rings (SSSR count). The van der Waals surface area contributed by atoms with Gasteiger partial charge in [0.1, 0.15) is 22.3 Å². The molecule has 6 nitrogen and oxygen atoms in total. The molecule has 5 aromatic heterocycles. The molecule has 0 bridgehead atoms. The second kappa shape index (κ2) is 9.77. The summed E-state index contributed by atoms with van der Waals surface area (Å²) in [5.41, 5.74) is 13.1. The minimum atomic E-state index is 0.780. The monoisotopic (exact) mass is 654 g/mol. The molecular weight excluding hydrogens is 629 g/mol. The van der Waals surface area contributed by atoms with E-state index in [9.17, 15) is 0 Å². The van der Waals surface area contributed by atoms with Crippen LogP contribution < -0.4 is 0 Å². The second-order valence-electron chi connectivity index (χ2n) is 13.2. The third kappa shape index (κ3) is 3.57. The number of benzene rings is 7. The smallest absolute Gasteiger partial charge is 0.232 e. The molecule has 238 valence electrons. The van der Waals surface area contributed by atoms with Crippen molar-refractivity contribution in [3.63, 3.8) is 0 Å². The van der Waals surface area contributed by atoms with Crippen molar-refractivity contribution in [2.45, 2.75) is 0 Å². The third-order valence-corrected chi connectivity index (χ3v) is 10.5. The maximum absolute atomic E-state index is 6.59. The highest BCUT2D eigenvalue weighted by Gasteiger charge is 2.24. The minimum absolute atomic E-state index is 0.780. The molecule has 51 heavy (non-hydrogen) atoms. The number of hydrogen-bond acceptors (Lipinski definition) is 3. The molecule has 0 aliphatic heterocycles. The van der Waals surface area contributed by atoms with Gasteiger partial charge >= 0.3 is 0 Å². The average molecular weight is 655 g/mol. The van der Waals surface area contributed by atoms with E-state index in [1.807, 2.05) is 30.3 Å². The molecule has 0 saturated heterocycles. The van der Waals surface area contributed by atoms with Crippen molar-refractivity contribution < 1.29 is 8.83 Å². The molecule has 0 fully saturated rings. The summed E-state index contributed by atoms with van der Waals surface area (Å²) in [7, 11) is 0. The van der Waals surface area contributed by atoms with Crippen LogP contribution in [0.1, 0.15) is 0 Å². The van der Waals surface area contributed by atoms with Crippen LogP contribution >= 0.6 is 0 Å². The first kappa shape index (κ1) is 26.9. The number of imidazole rings is 2. The lowest BCUT2D eigenvalue weighted by Gasteiger charge is -2.10. The molecule has 5 heterocycles. The predicted molar refractivity (Wildman–Crippen MR) is 206 cm³/mol. The number of aromatic nitrogens is 4. The SMILES string of the molecule is c1ccc2c(c1)nc1n(-c3ccc4c(c3)c3ccccc3n4-c3ccc(-c4cccc5c4oc4ccccc45)cc3)c3oc4ccccc4c3n21. The van der Waals surface area contributed by atoms with Crippen LogP contribution in [0.15, 0.2) is 167 Å². The number of para-hydroxylation sites is 6. The predicted octanol–water partition coefficient (Wildman–Crippen LogP) is 11.8. The normalized spacial score (nSPS) is 12.3. The molecule has 0 radical (unpaired) electrons. The van der Waals surface area contributed by atoms with Gasteiger partial charge in [-0.05, 0) is 72.3 Å². The molecule has 6 heteroatoms. The van der Waals surface area contributed by atoms with E-state index in [0.29, 0.717) is 0 Å². The summed E-state index contributed by atoms with van der Waals surface area (Å²) in [6, 6.07) is 55.3. The first-order valence-electron chi connectivity index (χ1n) is 17.1. The van der Waals surface area contributed by atoms with Crippen LogP contribution in [0.5, 0.6) is 0 Å². The zero-order valence-electron chi connectivity index (χ0n) is 27.1. The molecule has 0 amide bonds. The van der Waals surface area contributed by atoms with E-state index >= 15 is 0 Å². The van der Waals surface area contributed by atoms with Gasteiger partial charge in [-0.15, -0.1) is 0 Å². The van der Waals surface area contributed by atoms with Crippen molar-refractivity contribution in [1.82, 2.24) is 18.5 Å². The first-order valence-corrected chi connectivity index (χ1v) is 17.1. The molecule has 0 aliphatic carbocycles. The molecule has 12 aromatic rings. The van der Waals surface area contributed by atoms with E-state index in [-0.39, 0.29) is 0 Å². The number of fused-ring (bicyclic) bond motifs is 13. The lowest BCUT2D eigenvalue weighted by Crippen LogP contribution is -1.96. The third-order valence-electron chi connectivity index (χ3n) is 10.5. The standard InChI is InChI=1S/C45H26N4O2/c1-5-16-37-31(10-1)35-26-29(48-44-42(34-12-3-8-19-41(34)51-44)49-39-17-6-4-15-36(39)46-45(48)49)24-25-38(35)47(37)28-22-20-27(21-23-28)30-13-9-14-33-32-11-2-7-18-40(32)50-43(30)33/h1-26H. The van der Waals surface area contributed by atoms with Gasteiger partial charge in [0.05, 0.1) is 27.8 Å². The summed E-state index contributed by atoms with van der Waals surface area (Å²) in [6.07, 6.45) is 0. The van der Waals surface area contributed by atoms with Gasteiger partial charge < -0.3 is 13.4 Å². The van der Waals surface area contributed by atoms with Gasteiger partial charge in [-0.2, -0.15) is 0 Å². The molecule has 0 aliphatic rings. The Labute approximate surface area is 289 Å². The fourth-order valence-corrected chi connectivity index (χ4v) is 8.24. The topological polar surface area (TPSA) is 53.4 Å². The minimum Gasteiger partial charge on any atom is -0.455 e. The van der Waals surface area contributed by atoms with Crippen LogP contribution in [0.2, 0.25) is 0 Å². The second-order valence-corrected chi connectivity index (χ2v) is 13.2. The largest absolute Gasteiger partial charge is 0.455 e. The van der Waals surface area contributed by atoms with Crippen molar-refractivity contribution in [3.8, 4) is 22.5 Å². The zero-order chi connectivity index (χ0) is 33.2. The fourth-order valence-electron chi connectivity index (χ4n) is 8.24. The quantitative estimate of drug-likeness (QED) is 0.190. The summed E-state index contributed by atoms with van der Waals surface area (Å²) in [4.78, 5) is 5.12. The van der Waals surface area contributed by atoms with Crippen LogP contribution in [0, 0.1) is 0 Å². The molecule has 0 atom stereocenters. The van der Waals surface area contributed by atoms with Gasteiger partial charge in [0.2, 0.25) is 11.5 Å². The Balaban J connectivity index is 1.06. The van der Waals surface area contributed by atoms with Gasteiger partial charge in [0.15, 0.2) is 0 Å². The molecule has 0 saturated carbocycles. The van der Waals surface area contributed by atoms with Crippen LogP contribution in [-0.2, 0) is 0 Å². The molecule has 0 N–H and O–H groups in total. The van der Waals surface area contributed by atoms with Crippen molar-refractivity contribution in [2.24, 2.45) is 0 Å². The van der Waals surface area contributed by atoms with Crippen molar-refractivity contribution >= 4 is 82.8 Å². The molecular formula is C45H26N4O2. The number of rotatable bonds is 3. The van der Waals surface area contributed by atoms with E-state index in [1.54, 1.807) is 0 Å². The van der Waals surface area contributed by atoms with Crippen molar-refractivity contribution in [2.75, 3.05) is 0 Å².